The highest BCUT2D eigenvalue weighted by atomic mass is 35.5. The molecule has 0 unspecified atom stereocenters. The Hall–Kier alpha value is -2.05. The van der Waals surface area contributed by atoms with E-state index in [1.807, 2.05) is 0 Å². The van der Waals surface area contributed by atoms with E-state index in [1.54, 1.807) is 13.0 Å². The Morgan fingerprint density at radius 3 is 2.50 bits per heavy atom. The highest BCUT2D eigenvalue weighted by molar-refractivity contribution is 6.35. The van der Waals surface area contributed by atoms with Gasteiger partial charge in [-0.15, -0.1) is 0 Å². The van der Waals surface area contributed by atoms with Crippen LogP contribution in [0.3, 0.4) is 0 Å². The maximum absolute atomic E-state index is 13.6. The highest BCUT2D eigenvalue weighted by Crippen LogP contribution is 2.28. The number of amides is 2. The molecule has 0 spiro atoms. The number of hydrogen-bond donors (Lipinski definition) is 2. The first-order valence-electron chi connectivity index (χ1n) is 7.08. The molecule has 2 atom stereocenters. The Labute approximate surface area is 148 Å². The minimum Gasteiger partial charge on any atom is -0.459 e. The lowest BCUT2D eigenvalue weighted by Crippen LogP contribution is -2.45. The van der Waals surface area contributed by atoms with Gasteiger partial charge < -0.3 is 15.1 Å². The molecule has 24 heavy (non-hydrogen) atoms. The van der Waals surface area contributed by atoms with Crippen molar-refractivity contribution in [2.75, 3.05) is 0 Å². The van der Waals surface area contributed by atoms with E-state index < -0.39 is 29.7 Å². The summed E-state index contributed by atoms with van der Waals surface area (Å²) in [6.45, 7) is 3.17. The Bertz CT molecular complexity index is 750. The first-order chi connectivity index (χ1) is 11.3. The Kier molecular flexibility index (Phi) is 5.85. The second-order valence-corrected chi connectivity index (χ2v) is 6.00. The second-order valence-electron chi connectivity index (χ2n) is 5.19. The van der Waals surface area contributed by atoms with Gasteiger partial charge in [0, 0.05) is 5.02 Å². The molecular formula is C16H15Cl2FN2O3. The molecule has 0 fully saturated rings. The summed E-state index contributed by atoms with van der Waals surface area (Å²) in [5, 5.41) is 5.30. The summed E-state index contributed by atoms with van der Waals surface area (Å²) in [5.74, 6) is -1.48. The molecular weight excluding hydrogens is 358 g/mol. The lowest BCUT2D eigenvalue weighted by Gasteiger charge is -2.19. The molecule has 0 aliphatic carbocycles. The fourth-order valence-corrected chi connectivity index (χ4v) is 2.57. The van der Waals surface area contributed by atoms with Crippen LogP contribution in [-0.2, 0) is 4.79 Å². The number of benzene rings is 1. The van der Waals surface area contributed by atoms with Crippen LogP contribution < -0.4 is 10.6 Å². The number of rotatable bonds is 5. The van der Waals surface area contributed by atoms with Crippen molar-refractivity contribution in [1.82, 2.24) is 10.6 Å². The van der Waals surface area contributed by atoms with Crippen molar-refractivity contribution < 1.29 is 18.4 Å². The third kappa shape index (κ3) is 4.27. The van der Waals surface area contributed by atoms with E-state index in [4.69, 9.17) is 27.6 Å². The minimum atomic E-state index is -0.819. The van der Waals surface area contributed by atoms with Crippen LogP contribution in [0, 0.1) is 5.82 Å². The first-order valence-corrected chi connectivity index (χ1v) is 7.84. The fourth-order valence-electron chi connectivity index (χ4n) is 2.03. The van der Waals surface area contributed by atoms with Crippen LogP contribution in [-0.4, -0.2) is 17.9 Å². The molecule has 0 saturated heterocycles. The van der Waals surface area contributed by atoms with E-state index >= 15 is 0 Å². The molecule has 1 aromatic carbocycles. The lowest BCUT2D eigenvalue weighted by molar-refractivity contribution is -0.123. The van der Waals surface area contributed by atoms with Crippen molar-refractivity contribution in [1.29, 1.82) is 0 Å². The van der Waals surface area contributed by atoms with E-state index in [1.165, 1.54) is 31.4 Å². The van der Waals surface area contributed by atoms with Gasteiger partial charge in [-0.1, -0.05) is 23.2 Å². The Morgan fingerprint density at radius 2 is 1.88 bits per heavy atom. The number of furan rings is 1. The standard InChI is InChI=1S/C16H15Cl2FN2O3/c1-8(10-6-13(19)12(18)7-11(10)17)20-15(22)9(2)21-16(23)14-4-3-5-24-14/h3-9H,1-2H3,(H,20,22)(H,21,23)/t8-,9+/m0/s1. The molecule has 0 bridgehead atoms. The summed E-state index contributed by atoms with van der Waals surface area (Å²) in [6, 6.07) is 4.11. The Morgan fingerprint density at radius 1 is 1.17 bits per heavy atom. The van der Waals surface area contributed by atoms with E-state index in [9.17, 15) is 14.0 Å². The molecule has 2 rings (SSSR count). The summed E-state index contributed by atoms with van der Waals surface area (Å²) in [4.78, 5) is 24.0. The predicted molar refractivity (Wildman–Crippen MR) is 88.6 cm³/mol. The van der Waals surface area contributed by atoms with Crippen LogP contribution in [0.1, 0.15) is 36.0 Å². The fraction of sp³-hybridized carbons (Fsp3) is 0.250. The van der Waals surface area contributed by atoms with Gasteiger partial charge in [-0.05, 0) is 43.7 Å². The zero-order valence-electron chi connectivity index (χ0n) is 12.9. The van der Waals surface area contributed by atoms with E-state index in [-0.39, 0.29) is 15.8 Å². The SMILES string of the molecule is C[C@H](NC(=O)[C@@H](C)NC(=O)c1ccco1)c1cc(F)c(Cl)cc1Cl. The first kappa shape index (κ1) is 18.3. The van der Waals surface area contributed by atoms with Gasteiger partial charge in [0.25, 0.3) is 5.91 Å². The second kappa shape index (κ2) is 7.68. The monoisotopic (exact) mass is 372 g/mol. The average molecular weight is 373 g/mol. The van der Waals surface area contributed by atoms with Gasteiger partial charge in [0.15, 0.2) is 5.76 Å². The highest BCUT2D eigenvalue weighted by Gasteiger charge is 2.21. The zero-order valence-corrected chi connectivity index (χ0v) is 14.4. The van der Waals surface area contributed by atoms with Crippen molar-refractivity contribution in [3.05, 3.63) is 57.7 Å². The number of nitrogens with one attached hydrogen (secondary N) is 2. The van der Waals surface area contributed by atoms with Crippen molar-refractivity contribution >= 4 is 35.0 Å². The van der Waals surface area contributed by atoms with Crippen LogP contribution >= 0.6 is 23.2 Å². The zero-order chi connectivity index (χ0) is 17.9. The molecule has 1 aromatic heterocycles. The number of halogens is 3. The van der Waals surface area contributed by atoms with Gasteiger partial charge in [0.1, 0.15) is 11.9 Å². The van der Waals surface area contributed by atoms with Crippen LogP contribution in [0.15, 0.2) is 34.9 Å². The van der Waals surface area contributed by atoms with Crippen LogP contribution in [0.5, 0.6) is 0 Å². The van der Waals surface area contributed by atoms with Gasteiger partial charge in [0.05, 0.1) is 17.3 Å². The summed E-state index contributed by atoms with van der Waals surface area (Å²) in [5.41, 5.74) is 0.386. The van der Waals surface area contributed by atoms with Gasteiger partial charge in [-0.2, -0.15) is 0 Å². The summed E-state index contributed by atoms with van der Waals surface area (Å²) in [7, 11) is 0. The summed E-state index contributed by atoms with van der Waals surface area (Å²) >= 11 is 11.7. The molecule has 0 aliphatic rings. The van der Waals surface area contributed by atoms with Gasteiger partial charge in [0.2, 0.25) is 5.91 Å². The third-order valence-electron chi connectivity index (χ3n) is 3.35. The molecule has 0 radical (unpaired) electrons. The smallest absolute Gasteiger partial charge is 0.287 e. The molecule has 0 saturated carbocycles. The summed E-state index contributed by atoms with van der Waals surface area (Å²) in [6.07, 6.45) is 1.36. The van der Waals surface area contributed by atoms with Crippen LogP contribution in [0.4, 0.5) is 4.39 Å². The van der Waals surface area contributed by atoms with Gasteiger partial charge in [-0.3, -0.25) is 9.59 Å². The van der Waals surface area contributed by atoms with E-state index in [0.717, 1.165) is 0 Å². The number of carbonyl (C=O) groups is 2. The van der Waals surface area contributed by atoms with Crippen molar-refractivity contribution in [3.63, 3.8) is 0 Å². The normalized spacial score (nSPS) is 13.2. The third-order valence-corrected chi connectivity index (χ3v) is 3.97. The lowest BCUT2D eigenvalue weighted by atomic mass is 10.1. The average Bonchev–Trinajstić information content (AvgIpc) is 3.05. The maximum Gasteiger partial charge on any atom is 0.287 e. The molecule has 1 heterocycles. The Balaban J connectivity index is 2.00. The van der Waals surface area contributed by atoms with E-state index in [0.29, 0.717) is 5.56 Å². The quantitative estimate of drug-likeness (QED) is 0.785. The molecule has 128 valence electrons. The van der Waals surface area contributed by atoms with Crippen LogP contribution in [0.2, 0.25) is 10.0 Å². The number of carbonyl (C=O) groups excluding carboxylic acids is 2. The minimum absolute atomic E-state index is 0.0960. The predicted octanol–water partition coefficient (Wildman–Crippen LogP) is 3.72. The molecule has 8 heteroatoms. The summed E-state index contributed by atoms with van der Waals surface area (Å²) < 4.78 is 18.5. The van der Waals surface area contributed by atoms with Crippen molar-refractivity contribution in [2.45, 2.75) is 25.9 Å². The largest absolute Gasteiger partial charge is 0.459 e. The van der Waals surface area contributed by atoms with Crippen molar-refractivity contribution in [2.24, 2.45) is 0 Å². The maximum atomic E-state index is 13.6. The molecule has 5 nitrogen and oxygen atoms in total. The van der Waals surface area contributed by atoms with E-state index in [2.05, 4.69) is 10.6 Å². The number of hydrogen-bond acceptors (Lipinski definition) is 3. The molecule has 2 aromatic rings. The van der Waals surface area contributed by atoms with Crippen LogP contribution in [0.25, 0.3) is 0 Å². The topological polar surface area (TPSA) is 71.3 Å². The van der Waals surface area contributed by atoms with Gasteiger partial charge in [-0.25, -0.2) is 4.39 Å². The van der Waals surface area contributed by atoms with Crippen molar-refractivity contribution in [3.8, 4) is 0 Å². The van der Waals surface area contributed by atoms with Gasteiger partial charge >= 0.3 is 0 Å². The molecule has 2 amide bonds. The molecule has 2 N–H and O–H groups in total. The molecule has 0 aliphatic heterocycles.